The van der Waals surface area contributed by atoms with Crippen molar-refractivity contribution in [1.82, 2.24) is 9.55 Å². The van der Waals surface area contributed by atoms with Crippen molar-refractivity contribution < 1.29 is 9.90 Å². The van der Waals surface area contributed by atoms with Crippen LogP contribution in [0.15, 0.2) is 18.5 Å². The highest BCUT2D eigenvalue weighted by Crippen LogP contribution is 2.25. The second-order valence-electron chi connectivity index (χ2n) is 2.95. The van der Waals surface area contributed by atoms with E-state index in [-0.39, 0.29) is 10.6 Å². The van der Waals surface area contributed by atoms with Crippen molar-refractivity contribution in [1.29, 1.82) is 0 Å². The molecule has 1 N–H and O–H groups in total. The van der Waals surface area contributed by atoms with Gasteiger partial charge in [-0.1, -0.05) is 11.6 Å². The SMILES string of the molecule is Cn1ccc2c(Cl)c(C(=O)O)cnc21. The molecule has 0 atom stereocenters. The molecule has 0 saturated heterocycles. The molecule has 0 saturated carbocycles. The highest BCUT2D eigenvalue weighted by atomic mass is 35.5. The number of carboxylic acid groups (broad SMARTS) is 1. The Morgan fingerprint density at radius 1 is 1.64 bits per heavy atom. The molecule has 0 bridgehead atoms. The lowest BCUT2D eigenvalue weighted by Gasteiger charge is -2.00. The number of nitrogens with zero attached hydrogens (tertiary/aromatic N) is 2. The second-order valence-corrected chi connectivity index (χ2v) is 3.33. The lowest BCUT2D eigenvalue weighted by Crippen LogP contribution is -1.99. The largest absolute Gasteiger partial charge is 0.478 e. The van der Waals surface area contributed by atoms with Crippen LogP contribution in [0.1, 0.15) is 10.4 Å². The first kappa shape index (κ1) is 9.02. The number of rotatable bonds is 1. The highest BCUT2D eigenvalue weighted by Gasteiger charge is 2.13. The van der Waals surface area contributed by atoms with Gasteiger partial charge < -0.3 is 9.67 Å². The molecule has 0 aromatic carbocycles. The van der Waals surface area contributed by atoms with Crippen molar-refractivity contribution in [3.05, 3.63) is 29.0 Å². The zero-order chi connectivity index (χ0) is 10.3. The first-order chi connectivity index (χ1) is 6.61. The van der Waals surface area contributed by atoms with Gasteiger partial charge in [-0.2, -0.15) is 0 Å². The van der Waals surface area contributed by atoms with Crippen LogP contribution >= 0.6 is 11.6 Å². The Morgan fingerprint density at radius 2 is 2.36 bits per heavy atom. The zero-order valence-corrected chi connectivity index (χ0v) is 8.12. The van der Waals surface area contributed by atoms with Crippen LogP contribution in [0.25, 0.3) is 11.0 Å². The summed E-state index contributed by atoms with van der Waals surface area (Å²) in [5.41, 5.74) is 0.713. The van der Waals surface area contributed by atoms with Crippen LogP contribution in [0.2, 0.25) is 5.02 Å². The molecule has 2 aromatic rings. The molecule has 0 aliphatic carbocycles. The Hall–Kier alpha value is -1.55. The van der Waals surface area contributed by atoms with Gasteiger partial charge in [-0.3, -0.25) is 0 Å². The molecular weight excluding hydrogens is 204 g/mol. The smallest absolute Gasteiger partial charge is 0.338 e. The highest BCUT2D eigenvalue weighted by molar-refractivity contribution is 6.38. The first-order valence-electron chi connectivity index (χ1n) is 3.94. The van der Waals surface area contributed by atoms with Crippen LogP contribution in [0, 0.1) is 0 Å². The van der Waals surface area contributed by atoms with Crippen molar-refractivity contribution >= 4 is 28.6 Å². The fraction of sp³-hybridized carbons (Fsp3) is 0.111. The third-order valence-corrected chi connectivity index (χ3v) is 2.47. The minimum Gasteiger partial charge on any atom is -0.478 e. The number of carbonyl (C=O) groups is 1. The fourth-order valence-electron chi connectivity index (χ4n) is 1.33. The Labute approximate surface area is 84.7 Å². The number of aromatic nitrogens is 2. The van der Waals surface area contributed by atoms with Gasteiger partial charge in [0.05, 0.1) is 10.6 Å². The van der Waals surface area contributed by atoms with E-state index in [1.807, 2.05) is 7.05 Å². The number of hydrogen-bond acceptors (Lipinski definition) is 2. The lowest BCUT2D eigenvalue weighted by molar-refractivity contribution is 0.0697. The van der Waals surface area contributed by atoms with Crippen molar-refractivity contribution in [3.8, 4) is 0 Å². The number of pyridine rings is 1. The predicted octanol–water partition coefficient (Wildman–Crippen LogP) is 1.92. The maximum atomic E-state index is 10.7. The molecule has 0 unspecified atom stereocenters. The first-order valence-corrected chi connectivity index (χ1v) is 4.32. The molecule has 0 fully saturated rings. The van der Waals surface area contributed by atoms with Crippen molar-refractivity contribution in [3.63, 3.8) is 0 Å². The summed E-state index contributed by atoms with van der Waals surface area (Å²) < 4.78 is 1.78. The molecule has 0 radical (unpaired) electrons. The maximum absolute atomic E-state index is 10.7. The molecule has 0 spiro atoms. The molecule has 4 nitrogen and oxygen atoms in total. The standard InChI is InChI=1S/C9H7ClN2O2/c1-12-3-2-5-7(10)6(9(13)14)4-11-8(5)12/h2-4H,1H3,(H,13,14). The minimum atomic E-state index is -1.06. The summed E-state index contributed by atoms with van der Waals surface area (Å²) in [5, 5.41) is 9.70. The molecule has 2 aromatic heterocycles. The van der Waals surface area contributed by atoms with Crippen LogP contribution < -0.4 is 0 Å². The second kappa shape index (κ2) is 2.99. The van der Waals surface area contributed by atoms with E-state index in [0.29, 0.717) is 11.0 Å². The average Bonchev–Trinajstić information content (AvgIpc) is 2.49. The summed E-state index contributed by atoms with van der Waals surface area (Å²) in [4.78, 5) is 14.8. The minimum absolute atomic E-state index is 0.0327. The van der Waals surface area contributed by atoms with Gasteiger partial charge in [0.25, 0.3) is 0 Å². The Balaban J connectivity index is 2.82. The average molecular weight is 211 g/mol. The number of halogens is 1. The van der Waals surface area contributed by atoms with E-state index in [1.54, 1.807) is 16.8 Å². The van der Waals surface area contributed by atoms with Crippen molar-refractivity contribution in [2.75, 3.05) is 0 Å². The summed E-state index contributed by atoms with van der Waals surface area (Å²) in [6, 6.07) is 1.75. The van der Waals surface area contributed by atoms with E-state index in [4.69, 9.17) is 16.7 Å². The van der Waals surface area contributed by atoms with Gasteiger partial charge in [0.1, 0.15) is 5.65 Å². The Bertz CT molecular complexity index is 519. The van der Waals surface area contributed by atoms with Gasteiger partial charge >= 0.3 is 5.97 Å². The number of hydrogen-bond donors (Lipinski definition) is 1. The van der Waals surface area contributed by atoms with E-state index >= 15 is 0 Å². The summed E-state index contributed by atoms with van der Waals surface area (Å²) in [5.74, 6) is -1.06. The topological polar surface area (TPSA) is 55.1 Å². The third kappa shape index (κ3) is 1.15. The summed E-state index contributed by atoms with van der Waals surface area (Å²) >= 11 is 5.92. The van der Waals surface area contributed by atoms with Crippen LogP contribution in [0.4, 0.5) is 0 Å². The molecule has 72 valence electrons. The van der Waals surface area contributed by atoms with Gasteiger partial charge in [0.2, 0.25) is 0 Å². The van der Waals surface area contributed by atoms with Gasteiger partial charge in [0, 0.05) is 24.8 Å². The van der Waals surface area contributed by atoms with Crippen LogP contribution in [-0.2, 0) is 7.05 Å². The van der Waals surface area contributed by atoms with Gasteiger partial charge in [-0.05, 0) is 6.07 Å². The Kier molecular flexibility index (Phi) is 1.93. The van der Waals surface area contributed by atoms with Crippen LogP contribution in [0.5, 0.6) is 0 Å². The van der Waals surface area contributed by atoms with Crippen molar-refractivity contribution in [2.45, 2.75) is 0 Å². The summed E-state index contributed by atoms with van der Waals surface area (Å²) in [6.45, 7) is 0. The zero-order valence-electron chi connectivity index (χ0n) is 7.36. The van der Waals surface area contributed by atoms with E-state index in [9.17, 15) is 4.79 Å². The normalized spacial score (nSPS) is 10.7. The van der Waals surface area contributed by atoms with E-state index in [2.05, 4.69) is 4.98 Å². The van der Waals surface area contributed by atoms with Crippen molar-refractivity contribution in [2.24, 2.45) is 7.05 Å². The molecule has 14 heavy (non-hydrogen) atoms. The molecule has 0 amide bonds. The number of aryl methyl sites for hydroxylation is 1. The Morgan fingerprint density at radius 3 is 3.00 bits per heavy atom. The molecular formula is C9H7ClN2O2. The fourth-order valence-corrected chi connectivity index (χ4v) is 1.61. The molecule has 2 heterocycles. The number of fused-ring (bicyclic) bond motifs is 1. The van der Waals surface area contributed by atoms with Gasteiger partial charge in [-0.15, -0.1) is 0 Å². The monoisotopic (exact) mass is 210 g/mol. The van der Waals surface area contributed by atoms with E-state index in [0.717, 1.165) is 0 Å². The summed E-state index contributed by atoms with van der Waals surface area (Å²) in [6.07, 6.45) is 3.06. The molecule has 0 aliphatic rings. The summed E-state index contributed by atoms with van der Waals surface area (Å²) in [7, 11) is 1.83. The van der Waals surface area contributed by atoms with Gasteiger partial charge in [0.15, 0.2) is 0 Å². The molecule has 0 aliphatic heterocycles. The van der Waals surface area contributed by atoms with Gasteiger partial charge in [-0.25, -0.2) is 9.78 Å². The number of aromatic carboxylic acids is 1. The van der Waals surface area contributed by atoms with E-state index in [1.165, 1.54) is 6.20 Å². The molecule has 5 heteroatoms. The molecule has 2 rings (SSSR count). The lowest BCUT2D eigenvalue weighted by atomic mass is 10.2. The van der Waals surface area contributed by atoms with E-state index < -0.39 is 5.97 Å². The third-order valence-electron chi connectivity index (χ3n) is 2.06. The van der Waals surface area contributed by atoms with Crippen LogP contribution in [-0.4, -0.2) is 20.6 Å². The predicted molar refractivity (Wildman–Crippen MR) is 52.7 cm³/mol. The quantitative estimate of drug-likeness (QED) is 0.783. The number of carboxylic acids is 1. The maximum Gasteiger partial charge on any atom is 0.338 e. The van der Waals surface area contributed by atoms with Crippen LogP contribution in [0.3, 0.4) is 0 Å².